The van der Waals surface area contributed by atoms with Crippen molar-refractivity contribution in [3.8, 4) is 0 Å². The van der Waals surface area contributed by atoms with Gasteiger partial charge in [0, 0.05) is 25.7 Å². The normalized spacial score (nSPS) is 17.5. The minimum atomic E-state index is -0.180. The highest BCUT2D eigenvalue weighted by atomic mass is 32.1. The maximum atomic E-state index is 12.5. The number of aryl methyl sites for hydroxylation is 1. The topological polar surface area (TPSA) is 70.1 Å². The maximum Gasteiger partial charge on any atom is 0.319 e. The number of hydrogen-bond acceptors (Lipinski definition) is 5. The smallest absolute Gasteiger partial charge is 0.319 e. The Morgan fingerprint density at radius 1 is 1.23 bits per heavy atom. The van der Waals surface area contributed by atoms with E-state index in [9.17, 15) is 4.79 Å². The highest BCUT2D eigenvalue weighted by Crippen LogP contribution is 2.25. The van der Waals surface area contributed by atoms with Gasteiger partial charge >= 0.3 is 6.03 Å². The van der Waals surface area contributed by atoms with E-state index in [0.29, 0.717) is 0 Å². The Labute approximate surface area is 156 Å². The predicted octanol–water partition coefficient (Wildman–Crippen LogP) is 3.40. The molecule has 0 bridgehead atoms. The van der Waals surface area contributed by atoms with Crippen LogP contribution in [-0.4, -0.2) is 38.8 Å². The summed E-state index contributed by atoms with van der Waals surface area (Å²) < 4.78 is 8.54. The quantitative estimate of drug-likeness (QED) is 0.741. The Morgan fingerprint density at radius 3 is 2.92 bits per heavy atom. The molecule has 1 atom stereocenters. The first-order valence-corrected chi connectivity index (χ1v) is 9.48. The molecule has 26 heavy (non-hydrogen) atoms. The lowest BCUT2D eigenvalue weighted by Gasteiger charge is -2.17. The molecule has 1 fully saturated rings. The number of hydrogen-bond donors (Lipinski definition) is 2. The molecule has 1 aliphatic heterocycles. The van der Waals surface area contributed by atoms with Gasteiger partial charge in [-0.25, -0.2) is 4.79 Å². The molecule has 134 valence electrons. The van der Waals surface area contributed by atoms with Gasteiger partial charge in [0.05, 0.1) is 17.4 Å². The average molecular weight is 367 g/mol. The molecule has 7 heteroatoms. The summed E-state index contributed by atoms with van der Waals surface area (Å²) in [6.07, 6.45) is 0.960. The molecule has 1 aliphatic rings. The first-order chi connectivity index (χ1) is 12.7. The van der Waals surface area contributed by atoms with E-state index in [1.54, 1.807) is 0 Å². The van der Waals surface area contributed by atoms with Crippen LogP contribution in [0.1, 0.15) is 17.5 Å². The van der Waals surface area contributed by atoms with Crippen molar-refractivity contribution in [1.82, 2.24) is 19.0 Å². The Kier molecular flexibility index (Phi) is 4.81. The summed E-state index contributed by atoms with van der Waals surface area (Å²) in [5.74, 6) is 0. The van der Waals surface area contributed by atoms with Crippen LogP contribution < -0.4 is 10.6 Å². The molecule has 0 unspecified atom stereocenters. The highest BCUT2D eigenvalue weighted by Gasteiger charge is 2.24. The molecule has 0 aliphatic carbocycles. The number of benzene rings is 2. The molecular formula is C19H21N5OS. The highest BCUT2D eigenvalue weighted by molar-refractivity contribution is 7.00. The van der Waals surface area contributed by atoms with Gasteiger partial charge in [0.15, 0.2) is 0 Å². The molecule has 2 heterocycles. The molecule has 3 aromatic rings. The number of nitrogens with zero attached hydrogens (tertiary/aromatic N) is 3. The number of carbonyl (C=O) groups is 1. The van der Waals surface area contributed by atoms with Gasteiger partial charge < -0.3 is 10.6 Å². The Bertz CT molecular complexity index is 911. The van der Waals surface area contributed by atoms with Crippen LogP contribution in [0.3, 0.4) is 0 Å². The third kappa shape index (κ3) is 3.68. The minimum absolute atomic E-state index is 0.159. The number of carbonyl (C=O) groups excluding carboxylic acids is 1. The number of likely N-dealkylation sites (tertiary alicyclic amines) is 1. The van der Waals surface area contributed by atoms with Crippen LogP contribution in [0.15, 0.2) is 42.5 Å². The van der Waals surface area contributed by atoms with Gasteiger partial charge in [-0.1, -0.05) is 36.4 Å². The van der Waals surface area contributed by atoms with Crippen LogP contribution in [0, 0.1) is 6.92 Å². The van der Waals surface area contributed by atoms with Crippen molar-refractivity contribution in [2.24, 2.45) is 0 Å². The molecule has 0 spiro atoms. The van der Waals surface area contributed by atoms with Gasteiger partial charge in [-0.05, 0) is 30.5 Å². The number of fused-ring (bicyclic) bond motifs is 1. The molecule has 2 aromatic carbocycles. The standard InChI is InChI=1S/C19H21N5OS/c1-13-7-8-16-18(23-26-22-16)17(13)21-19(25)20-15-9-10-24(12-15)11-14-5-3-2-4-6-14/h2-8,15H,9-12H2,1H3,(H2,20,21,25)/t15-/m1/s1. The third-order valence-corrected chi connectivity index (χ3v) is 5.27. The molecular weight excluding hydrogens is 346 g/mol. The van der Waals surface area contributed by atoms with E-state index in [1.165, 1.54) is 5.56 Å². The largest absolute Gasteiger partial charge is 0.334 e. The summed E-state index contributed by atoms with van der Waals surface area (Å²) >= 11 is 1.16. The van der Waals surface area contributed by atoms with E-state index in [0.717, 1.165) is 60.1 Å². The van der Waals surface area contributed by atoms with Crippen molar-refractivity contribution < 1.29 is 4.79 Å². The lowest BCUT2D eigenvalue weighted by molar-refractivity contribution is 0.247. The van der Waals surface area contributed by atoms with Gasteiger partial charge in [-0.3, -0.25) is 4.90 Å². The molecule has 2 N–H and O–H groups in total. The van der Waals surface area contributed by atoms with Crippen molar-refractivity contribution in [2.45, 2.75) is 25.9 Å². The predicted molar refractivity (Wildman–Crippen MR) is 104 cm³/mol. The second-order valence-electron chi connectivity index (χ2n) is 6.69. The zero-order valence-corrected chi connectivity index (χ0v) is 15.4. The Balaban J connectivity index is 1.35. The van der Waals surface area contributed by atoms with Crippen LogP contribution in [0.5, 0.6) is 0 Å². The summed E-state index contributed by atoms with van der Waals surface area (Å²) in [5, 5.41) is 6.06. The summed E-state index contributed by atoms with van der Waals surface area (Å²) in [5.41, 5.74) is 4.59. The number of amides is 2. The maximum absolute atomic E-state index is 12.5. The van der Waals surface area contributed by atoms with E-state index in [2.05, 4.69) is 48.5 Å². The Morgan fingerprint density at radius 2 is 2.08 bits per heavy atom. The zero-order valence-electron chi connectivity index (χ0n) is 14.6. The molecule has 1 aromatic heterocycles. The number of rotatable bonds is 4. The molecule has 0 radical (unpaired) electrons. The van der Waals surface area contributed by atoms with Gasteiger partial charge in [0.1, 0.15) is 11.0 Å². The van der Waals surface area contributed by atoms with E-state index >= 15 is 0 Å². The lowest BCUT2D eigenvalue weighted by atomic mass is 10.1. The van der Waals surface area contributed by atoms with Crippen LogP contribution in [0.4, 0.5) is 10.5 Å². The SMILES string of the molecule is Cc1ccc2nsnc2c1NC(=O)N[C@@H]1CCN(Cc2ccccc2)C1. The second kappa shape index (κ2) is 7.39. The molecule has 6 nitrogen and oxygen atoms in total. The first-order valence-electron chi connectivity index (χ1n) is 8.75. The van der Waals surface area contributed by atoms with Crippen LogP contribution in [0.2, 0.25) is 0 Å². The molecule has 1 saturated heterocycles. The number of anilines is 1. The van der Waals surface area contributed by atoms with Gasteiger partial charge in [0.25, 0.3) is 0 Å². The monoisotopic (exact) mass is 367 g/mol. The van der Waals surface area contributed by atoms with E-state index in [-0.39, 0.29) is 12.1 Å². The van der Waals surface area contributed by atoms with Gasteiger partial charge in [-0.15, -0.1) is 0 Å². The minimum Gasteiger partial charge on any atom is -0.334 e. The molecule has 2 amide bonds. The molecule has 0 saturated carbocycles. The number of aromatic nitrogens is 2. The van der Waals surface area contributed by atoms with Crippen LogP contribution >= 0.6 is 11.7 Å². The van der Waals surface area contributed by atoms with Gasteiger partial charge in [-0.2, -0.15) is 8.75 Å². The fraction of sp³-hybridized carbons (Fsp3) is 0.316. The Hall–Kier alpha value is -2.51. The van der Waals surface area contributed by atoms with Crippen molar-refractivity contribution in [3.05, 3.63) is 53.6 Å². The summed E-state index contributed by atoms with van der Waals surface area (Å²) in [6, 6.07) is 14.3. The van der Waals surface area contributed by atoms with Crippen molar-refractivity contribution in [1.29, 1.82) is 0 Å². The average Bonchev–Trinajstić information content (AvgIpc) is 3.28. The van der Waals surface area contributed by atoms with Crippen molar-refractivity contribution in [2.75, 3.05) is 18.4 Å². The zero-order chi connectivity index (χ0) is 17.9. The number of urea groups is 1. The third-order valence-electron chi connectivity index (χ3n) is 4.73. The first kappa shape index (κ1) is 16.9. The number of nitrogens with one attached hydrogen (secondary N) is 2. The fourth-order valence-electron chi connectivity index (χ4n) is 3.38. The van der Waals surface area contributed by atoms with Crippen molar-refractivity contribution in [3.63, 3.8) is 0 Å². The van der Waals surface area contributed by atoms with Crippen molar-refractivity contribution >= 4 is 34.5 Å². The molecule has 4 rings (SSSR count). The second-order valence-corrected chi connectivity index (χ2v) is 7.22. The van der Waals surface area contributed by atoms with E-state index < -0.39 is 0 Å². The summed E-state index contributed by atoms with van der Waals surface area (Å²) in [4.78, 5) is 14.8. The summed E-state index contributed by atoms with van der Waals surface area (Å²) in [6.45, 7) is 4.74. The van der Waals surface area contributed by atoms with Crippen LogP contribution in [0.25, 0.3) is 11.0 Å². The lowest BCUT2D eigenvalue weighted by Crippen LogP contribution is -2.39. The van der Waals surface area contributed by atoms with E-state index in [1.807, 2.05) is 25.1 Å². The van der Waals surface area contributed by atoms with Gasteiger partial charge in [0.2, 0.25) is 0 Å². The van der Waals surface area contributed by atoms with E-state index in [4.69, 9.17) is 0 Å². The summed E-state index contributed by atoms with van der Waals surface area (Å²) in [7, 11) is 0. The fourth-order valence-corrected chi connectivity index (χ4v) is 3.92. The van der Waals surface area contributed by atoms with Crippen LogP contribution in [-0.2, 0) is 6.54 Å².